The molecule has 5 heteroatoms. The highest BCUT2D eigenvalue weighted by molar-refractivity contribution is 5.88. The summed E-state index contributed by atoms with van der Waals surface area (Å²) in [6.45, 7) is 3.54. The standard InChI is InChI=1S/C10H15N3O2/c1-3-4-13(2)6-9-8(10(14)15)5-11-7-12-9/h5,7H,3-4,6H2,1-2H3,(H,14,15). The van der Waals surface area contributed by atoms with Gasteiger partial charge in [0.1, 0.15) is 11.9 Å². The molecule has 0 aliphatic carbocycles. The first-order valence-electron chi connectivity index (χ1n) is 4.85. The molecule has 0 aliphatic heterocycles. The largest absolute Gasteiger partial charge is 0.478 e. The number of carboxylic acid groups (broad SMARTS) is 1. The molecule has 0 radical (unpaired) electrons. The number of rotatable bonds is 5. The van der Waals surface area contributed by atoms with Crippen molar-refractivity contribution in [1.29, 1.82) is 0 Å². The summed E-state index contributed by atoms with van der Waals surface area (Å²) in [7, 11) is 1.94. The molecule has 1 rings (SSSR count). The van der Waals surface area contributed by atoms with E-state index in [4.69, 9.17) is 5.11 Å². The second-order valence-electron chi connectivity index (χ2n) is 3.43. The number of carbonyl (C=O) groups is 1. The molecule has 0 amide bonds. The van der Waals surface area contributed by atoms with Crippen molar-refractivity contribution >= 4 is 5.97 Å². The minimum atomic E-state index is -0.976. The van der Waals surface area contributed by atoms with E-state index in [0.717, 1.165) is 13.0 Å². The first-order chi connectivity index (χ1) is 7.15. The molecule has 0 fully saturated rings. The van der Waals surface area contributed by atoms with Gasteiger partial charge in [-0.05, 0) is 20.0 Å². The Morgan fingerprint density at radius 2 is 2.33 bits per heavy atom. The summed E-state index contributed by atoms with van der Waals surface area (Å²) in [6.07, 6.45) is 3.75. The van der Waals surface area contributed by atoms with Gasteiger partial charge in [0.05, 0.1) is 5.69 Å². The van der Waals surface area contributed by atoms with Gasteiger partial charge in [0.2, 0.25) is 0 Å². The Balaban J connectivity index is 2.79. The molecule has 0 saturated carbocycles. The van der Waals surface area contributed by atoms with Gasteiger partial charge in [-0.15, -0.1) is 0 Å². The number of carboxylic acids is 1. The fourth-order valence-electron chi connectivity index (χ4n) is 1.38. The lowest BCUT2D eigenvalue weighted by Crippen LogP contribution is -2.21. The number of hydrogen-bond donors (Lipinski definition) is 1. The molecule has 0 aliphatic rings. The van der Waals surface area contributed by atoms with E-state index >= 15 is 0 Å². The molecule has 0 spiro atoms. The highest BCUT2D eigenvalue weighted by Gasteiger charge is 2.12. The molecule has 1 heterocycles. The van der Waals surface area contributed by atoms with Crippen molar-refractivity contribution in [1.82, 2.24) is 14.9 Å². The van der Waals surface area contributed by atoms with Crippen molar-refractivity contribution in [2.75, 3.05) is 13.6 Å². The summed E-state index contributed by atoms with van der Waals surface area (Å²) >= 11 is 0. The summed E-state index contributed by atoms with van der Waals surface area (Å²) in [6, 6.07) is 0. The number of hydrogen-bond acceptors (Lipinski definition) is 4. The van der Waals surface area contributed by atoms with Gasteiger partial charge in [-0.3, -0.25) is 0 Å². The van der Waals surface area contributed by atoms with Crippen molar-refractivity contribution in [3.63, 3.8) is 0 Å². The van der Waals surface area contributed by atoms with Crippen LogP contribution in [0.3, 0.4) is 0 Å². The van der Waals surface area contributed by atoms with Gasteiger partial charge < -0.3 is 10.0 Å². The fraction of sp³-hybridized carbons (Fsp3) is 0.500. The average molecular weight is 209 g/mol. The second-order valence-corrected chi connectivity index (χ2v) is 3.43. The van der Waals surface area contributed by atoms with Crippen LogP contribution in [0.15, 0.2) is 12.5 Å². The SMILES string of the molecule is CCCN(C)Cc1ncncc1C(=O)O. The lowest BCUT2D eigenvalue weighted by Gasteiger charge is -2.15. The van der Waals surface area contributed by atoms with E-state index in [0.29, 0.717) is 12.2 Å². The van der Waals surface area contributed by atoms with Crippen molar-refractivity contribution in [3.05, 3.63) is 23.8 Å². The van der Waals surface area contributed by atoms with Gasteiger partial charge in [0.15, 0.2) is 0 Å². The van der Waals surface area contributed by atoms with Crippen LogP contribution in [0.1, 0.15) is 29.4 Å². The minimum absolute atomic E-state index is 0.181. The molecular formula is C10H15N3O2. The lowest BCUT2D eigenvalue weighted by atomic mass is 10.2. The smallest absolute Gasteiger partial charge is 0.339 e. The Morgan fingerprint density at radius 3 is 2.93 bits per heavy atom. The monoisotopic (exact) mass is 209 g/mol. The third-order valence-corrected chi connectivity index (χ3v) is 2.05. The predicted molar refractivity (Wildman–Crippen MR) is 55.6 cm³/mol. The predicted octanol–water partition coefficient (Wildman–Crippen LogP) is 1.02. The lowest BCUT2D eigenvalue weighted by molar-refractivity contribution is 0.0693. The van der Waals surface area contributed by atoms with Gasteiger partial charge in [0.25, 0.3) is 0 Å². The highest BCUT2D eigenvalue weighted by Crippen LogP contribution is 2.06. The molecule has 0 atom stereocenters. The van der Waals surface area contributed by atoms with Crippen molar-refractivity contribution in [3.8, 4) is 0 Å². The maximum atomic E-state index is 10.9. The van der Waals surface area contributed by atoms with Crippen LogP contribution in [0.2, 0.25) is 0 Å². The fourth-order valence-corrected chi connectivity index (χ4v) is 1.38. The molecule has 1 aromatic rings. The van der Waals surface area contributed by atoms with E-state index < -0.39 is 5.97 Å². The van der Waals surface area contributed by atoms with Crippen LogP contribution >= 0.6 is 0 Å². The van der Waals surface area contributed by atoms with Crippen molar-refractivity contribution in [2.24, 2.45) is 0 Å². The van der Waals surface area contributed by atoms with Crippen LogP contribution in [0.4, 0.5) is 0 Å². The quantitative estimate of drug-likeness (QED) is 0.784. The third-order valence-electron chi connectivity index (χ3n) is 2.05. The van der Waals surface area contributed by atoms with E-state index in [2.05, 4.69) is 16.9 Å². The first-order valence-corrected chi connectivity index (χ1v) is 4.85. The van der Waals surface area contributed by atoms with Crippen LogP contribution in [0, 0.1) is 0 Å². The zero-order chi connectivity index (χ0) is 11.3. The average Bonchev–Trinajstić information content (AvgIpc) is 2.18. The van der Waals surface area contributed by atoms with Gasteiger partial charge in [-0.1, -0.05) is 6.92 Å². The molecule has 82 valence electrons. The van der Waals surface area contributed by atoms with Crippen LogP contribution in [0.5, 0.6) is 0 Å². The molecule has 1 N–H and O–H groups in total. The number of aromatic nitrogens is 2. The van der Waals surface area contributed by atoms with E-state index in [9.17, 15) is 4.79 Å². The molecule has 15 heavy (non-hydrogen) atoms. The summed E-state index contributed by atoms with van der Waals surface area (Å²) < 4.78 is 0. The molecule has 1 aromatic heterocycles. The molecule has 0 aromatic carbocycles. The summed E-state index contributed by atoms with van der Waals surface area (Å²) in [5.74, 6) is -0.976. The normalized spacial score (nSPS) is 10.6. The summed E-state index contributed by atoms with van der Waals surface area (Å²) in [4.78, 5) is 20.6. The van der Waals surface area contributed by atoms with Gasteiger partial charge in [-0.25, -0.2) is 14.8 Å². The van der Waals surface area contributed by atoms with Crippen LogP contribution < -0.4 is 0 Å². The molecule has 0 saturated heterocycles. The molecule has 0 bridgehead atoms. The Morgan fingerprint density at radius 1 is 1.60 bits per heavy atom. The maximum absolute atomic E-state index is 10.9. The zero-order valence-corrected chi connectivity index (χ0v) is 8.97. The van der Waals surface area contributed by atoms with E-state index in [1.54, 1.807) is 0 Å². The van der Waals surface area contributed by atoms with E-state index in [1.807, 2.05) is 11.9 Å². The van der Waals surface area contributed by atoms with Crippen LogP contribution in [-0.4, -0.2) is 39.5 Å². The van der Waals surface area contributed by atoms with Crippen molar-refractivity contribution < 1.29 is 9.90 Å². The third kappa shape index (κ3) is 3.28. The Labute approximate surface area is 88.8 Å². The highest BCUT2D eigenvalue weighted by atomic mass is 16.4. The summed E-state index contributed by atoms with van der Waals surface area (Å²) in [5.41, 5.74) is 0.744. The second kappa shape index (κ2) is 5.41. The van der Waals surface area contributed by atoms with Gasteiger partial charge >= 0.3 is 5.97 Å². The molecular weight excluding hydrogens is 194 g/mol. The van der Waals surface area contributed by atoms with Crippen LogP contribution in [-0.2, 0) is 6.54 Å². The van der Waals surface area contributed by atoms with Gasteiger partial charge in [0, 0.05) is 12.7 Å². The Kier molecular flexibility index (Phi) is 4.17. The first kappa shape index (κ1) is 11.6. The maximum Gasteiger partial charge on any atom is 0.339 e. The van der Waals surface area contributed by atoms with Crippen molar-refractivity contribution in [2.45, 2.75) is 19.9 Å². The van der Waals surface area contributed by atoms with Gasteiger partial charge in [-0.2, -0.15) is 0 Å². The number of aromatic carboxylic acids is 1. The Bertz CT molecular complexity index is 341. The van der Waals surface area contributed by atoms with E-state index in [-0.39, 0.29) is 5.56 Å². The minimum Gasteiger partial charge on any atom is -0.478 e. The van der Waals surface area contributed by atoms with E-state index in [1.165, 1.54) is 12.5 Å². The zero-order valence-electron chi connectivity index (χ0n) is 8.97. The number of nitrogens with zero attached hydrogens (tertiary/aromatic N) is 3. The topological polar surface area (TPSA) is 66.3 Å². The molecule has 0 unspecified atom stereocenters. The van der Waals surface area contributed by atoms with Crippen LogP contribution in [0.25, 0.3) is 0 Å². The Hall–Kier alpha value is -1.49. The molecule has 5 nitrogen and oxygen atoms in total. The summed E-state index contributed by atoms with van der Waals surface area (Å²) in [5, 5.41) is 8.91.